The molecule has 1 N–H and O–H groups in total. The summed E-state index contributed by atoms with van der Waals surface area (Å²) in [7, 11) is 0. The number of carbonyl (C=O) groups is 3. The van der Waals surface area contributed by atoms with Gasteiger partial charge in [-0.3, -0.25) is 19.3 Å². The zero-order chi connectivity index (χ0) is 14.7. The molecule has 2 rings (SSSR count). The van der Waals surface area contributed by atoms with E-state index in [4.69, 9.17) is 0 Å². The first-order valence-corrected chi connectivity index (χ1v) is 6.67. The Kier molecular flexibility index (Phi) is 4.17. The number of hydrogen-bond donors (Lipinski definition) is 1. The van der Waals surface area contributed by atoms with E-state index in [0.717, 1.165) is 16.8 Å². The first kappa shape index (κ1) is 14.2. The Morgan fingerprint density at radius 3 is 2.50 bits per heavy atom. The van der Waals surface area contributed by atoms with E-state index < -0.39 is 0 Å². The molecule has 5 heteroatoms. The van der Waals surface area contributed by atoms with Crippen LogP contribution in [0.4, 0.5) is 5.69 Å². The molecule has 1 aromatic carbocycles. The number of imide groups is 1. The second-order valence-corrected chi connectivity index (χ2v) is 5.06. The lowest BCUT2D eigenvalue weighted by Crippen LogP contribution is -2.32. The van der Waals surface area contributed by atoms with Gasteiger partial charge in [-0.05, 0) is 31.0 Å². The second kappa shape index (κ2) is 5.86. The predicted octanol–water partition coefficient (Wildman–Crippen LogP) is 1.78. The predicted molar refractivity (Wildman–Crippen MR) is 75.1 cm³/mol. The topological polar surface area (TPSA) is 66.5 Å². The number of carbonyl (C=O) groups excluding carboxylic acids is 3. The lowest BCUT2D eigenvalue weighted by atomic mass is 10.1. The normalized spacial score (nSPS) is 14.8. The van der Waals surface area contributed by atoms with Gasteiger partial charge < -0.3 is 5.32 Å². The van der Waals surface area contributed by atoms with Crippen LogP contribution in [0.5, 0.6) is 0 Å². The molecule has 5 nitrogen and oxygen atoms in total. The van der Waals surface area contributed by atoms with Gasteiger partial charge in [0.2, 0.25) is 17.7 Å². The first-order chi connectivity index (χ1) is 9.47. The fraction of sp³-hybridized carbons (Fsp3) is 0.400. The highest BCUT2D eigenvalue weighted by molar-refractivity contribution is 6.02. The Labute approximate surface area is 118 Å². The smallest absolute Gasteiger partial charge is 0.229 e. The average molecular weight is 274 g/mol. The molecule has 1 aliphatic heterocycles. The lowest BCUT2D eigenvalue weighted by Gasteiger charge is -2.14. The monoisotopic (exact) mass is 274 g/mol. The van der Waals surface area contributed by atoms with Gasteiger partial charge in [0.05, 0.1) is 0 Å². The molecular formula is C15H18N2O3. The SMILES string of the molecule is Cc1ccc(C)c(NC(=O)CCN2C(=O)CCC2=O)c1. The molecule has 3 amide bonds. The number of hydrogen-bond acceptors (Lipinski definition) is 3. The average Bonchev–Trinajstić information content (AvgIpc) is 2.71. The fourth-order valence-electron chi connectivity index (χ4n) is 2.17. The van der Waals surface area contributed by atoms with Crippen molar-refractivity contribution in [1.29, 1.82) is 0 Å². The van der Waals surface area contributed by atoms with Gasteiger partial charge in [0, 0.05) is 31.5 Å². The minimum Gasteiger partial charge on any atom is -0.326 e. The maximum Gasteiger partial charge on any atom is 0.229 e. The number of rotatable bonds is 4. The number of nitrogens with zero attached hydrogens (tertiary/aromatic N) is 1. The Hall–Kier alpha value is -2.17. The molecule has 1 aromatic rings. The van der Waals surface area contributed by atoms with E-state index in [2.05, 4.69) is 5.32 Å². The van der Waals surface area contributed by atoms with Crippen LogP contribution in [-0.4, -0.2) is 29.2 Å². The Morgan fingerprint density at radius 2 is 1.85 bits per heavy atom. The van der Waals surface area contributed by atoms with Crippen molar-refractivity contribution >= 4 is 23.4 Å². The maximum absolute atomic E-state index is 11.9. The van der Waals surface area contributed by atoms with Crippen molar-refractivity contribution in [2.75, 3.05) is 11.9 Å². The van der Waals surface area contributed by atoms with E-state index >= 15 is 0 Å². The number of nitrogens with one attached hydrogen (secondary N) is 1. The first-order valence-electron chi connectivity index (χ1n) is 6.67. The maximum atomic E-state index is 11.9. The number of anilines is 1. The van der Waals surface area contributed by atoms with Crippen molar-refractivity contribution in [3.8, 4) is 0 Å². The summed E-state index contributed by atoms with van der Waals surface area (Å²) in [6.07, 6.45) is 0.653. The molecule has 1 fully saturated rings. The van der Waals surface area contributed by atoms with E-state index in [1.807, 2.05) is 32.0 Å². The van der Waals surface area contributed by atoms with Crippen LogP contribution in [0.3, 0.4) is 0 Å². The molecule has 0 saturated carbocycles. The summed E-state index contributed by atoms with van der Waals surface area (Å²) in [5.74, 6) is -0.560. The van der Waals surface area contributed by atoms with E-state index in [-0.39, 0.29) is 43.5 Å². The number of amides is 3. The summed E-state index contributed by atoms with van der Waals surface area (Å²) < 4.78 is 0. The summed E-state index contributed by atoms with van der Waals surface area (Å²) in [5.41, 5.74) is 2.82. The molecule has 0 bridgehead atoms. The number of aryl methyl sites for hydroxylation is 2. The van der Waals surface area contributed by atoms with Gasteiger partial charge in [-0.15, -0.1) is 0 Å². The highest BCUT2D eigenvalue weighted by Crippen LogP contribution is 2.17. The van der Waals surface area contributed by atoms with E-state index in [1.54, 1.807) is 0 Å². The molecule has 0 spiro atoms. The van der Waals surface area contributed by atoms with Crippen molar-refractivity contribution < 1.29 is 14.4 Å². The Morgan fingerprint density at radius 1 is 1.20 bits per heavy atom. The highest BCUT2D eigenvalue weighted by Gasteiger charge is 2.28. The summed E-state index contributed by atoms with van der Waals surface area (Å²) in [6.45, 7) is 4.04. The minimum absolute atomic E-state index is 0.130. The van der Waals surface area contributed by atoms with Crippen LogP contribution in [0, 0.1) is 13.8 Å². The van der Waals surface area contributed by atoms with Gasteiger partial charge in [-0.25, -0.2) is 0 Å². The van der Waals surface area contributed by atoms with Crippen molar-refractivity contribution in [1.82, 2.24) is 4.90 Å². The molecular weight excluding hydrogens is 256 g/mol. The summed E-state index contributed by atoms with van der Waals surface area (Å²) in [6, 6.07) is 5.82. The molecule has 106 valence electrons. The fourth-order valence-corrected chi connectivity index (χ4v) is 2.17. The lowest BCUT2D eigenvalue weighted by molar-refractivity contribution is -0.138. The van der Waals surface area contributed by atoms with Crippen LogP contribution in [0.15, 0.2) is 18.2 Å². The Balaban J connectivity index is 1.91. The van der Waals surface area contributed by atoms with Gasteiger partial charge in [0.1, 0.15) is 0 Å². The minimum atomic E-state index is -0.189. The molecule has 0 aromatic heterocycles. The van der Waals surface area contributed by atoms with Crippen LogP contribution >= 0.6 is 0 Å². The third-order valence-electron chi connectivity index (χ3n) is 3.38. The molecule has 0 unspecified atom stereocenters. The third kappa shape index (κ3) is 3.23. The largest absolute Gasteiger partial charge is 0.326 e. The second-order valence-electron chi connectivity index (χ2n) is 5.06. The highest BCUT2D eigenvalue weighted by atomic mass is 16.2. The quantitative estimate of drug-likeness (QED) is 0.851. The standard InChI is InChI=1S/C15H18N2O3/c1-10-3-4-11(2)12(9-10)16-13(18)7-8-17-14(19)5-6-15(17)20/h3-4,9H,5-8H2,1-2H3,(H,16,18). The molecule has 0 aliphatic carbocycles. The van der Waals surface area contributed by atoms with E-state index in [9.17, 15) is 14.4 Å². The molecule has 0 radical (unpaired) electrons. The van der Waals surface area contributed by atoms with Crippen molar-refractivity contribution in [3.05, 3.63) is 29.3 Å². The van der Waals surface area contributed by atoms with Gasteiger partial charge in [-0.2, -0.15) is 0 Å². The molecule has 1 heterocycles. The summed E-state index contributed by atoms with van der Waals surface area (Å²) >= 11 is 0. The number of likely N-dealkylation sites (tertiary alicyclic amines) is 1. The Bertz CT molecular complexity index is 550. The van der Waals surface area contributed by atoms with Gasteiger partial charge in [0.25, 0.3) is 0 Å². The van der Waals surface area contributed by atoms with E-state index in [1.165, 1.54) is 4.90 Å². The van der Waals surface area contributed by atoms with Gasteiger partial charge in [-0.1, -0.05) is 12.1 Å². The van der Waals surface area contributed by atoms with Crippen LogP contribution in [0.25, 0.3) is 0 Å². The zero-order valence-electron chi connectivity index (χ0n) is 11.7. The third-order valence-corrected chi connectivity index (χ3v) is 3.38. The van der Waals surface area contributed by atoms with Gasteiger partial charge in [0.15, 0.2) is 0 Å². The van der Waals surface area contributed by atoms with E-state index in [0.29, 0.717) is 0 Å². The zero-order valence-corrected chi connectivity index (χ0v) is 11.7. The van der Waals surface area contributed by atoms with Crippen LogP contribution in [0.1, 0.15) is 30.4 Å². The van der Waals surface area contributed by atoms with Crippen LogP contribution in [0.2, 0.25) is 0 Å². The molecule has 20 heavy (non-hydrogen) atoms. The molecule has 0 atom stereocenters. The van der Waals surface area contributed by atoms with Crippen molar-refractivity contribution in [3.63, 3.8) is 0 Å². The van der Waals surface area contributed by atoms with Crippen molar-refractivity contribution in [2.24, 2.45) is 0 Å². The van der Waals surface area contributed by atoms with Crippen LogP contribution in [-0.2, 0) is 14.4 Å². The summed E-state index contributed by atoms with van der Waals surface area (Å²) in [4.78, 5) is 35.9. The van der Waals surface area contributed by atoms with Gasteiger partial charge >= 0.3 is 0 Å². The van der Waals surface area contributed by atoms with Crippen LogP contribution < -0.4 is 5.32 Å². The van der Waals surface area contributed by atoms with Crippen molar-refractivity contribution in [2.45, 2.75) is 33.1 Å². The summed E-state index contributed by atoms with van der Waals surface area (Å²) in [5, 5.41) is 2.82. The molecule has 1 aliphatic rings. The molecule has 1 saturated heterocycles. The number of benzene rings is 1.